The predicted molar refractivity (Wildman–Crippen MR) is 164 cm³/mol. The first-order valence-corrected chi connectivity index (χ1v) is 14.2. The summed E-state index contributed by atoms with van der Waals surface area (Å²) >= 11 is 0. The molecule has 3 aromatic rings. The summed E-state index contributed by atoms with van der Waals surface area (Å²) in [6.07, 6.45) is -0.823. The summed E-state index contributed by atoms with van der Waals surface area (Å²) in [6.45, 7) is 5.03. The maximum absolute atomic E-state index is 13.7. The summed E-state index contributed by atoms with van der Waals surface area (Å²) in [5.74, 6) is -2.05. The molecule has 0 aliphatic rings. The molecule has 0 aliphatic carbocycles. The predicted octanol–water partition coefficient (Wildman–Crippen LogP) is 2.87. The molecule has 6 N–H and O–H groups in total. The van der Waals surface area contributed by atoms with Crippen LogP contribution in [0.3, 0.4) is 0 Å². The number of esters is 1. The molecular formula is C33H39N3O9. The van der Waals surface area contributed by atoms with E-state index in [4.69, 9.17) is 9.47 Å². The lowest BCUT2D eigenvalue weighted by Crippen LogP contribution is -2.57. The number of phenolic OH excluding ortho intramolecular Hbond substituents is 3. The highest BCUT2D eigenvalue weighted by atomic mass is 16.6. The smallest absolute Gasteiger partial charge is 0.408 e. The average Bonchev–Trinajstić information content (AvgIpc) is 2.98. The molecule has 0 bridgehead atoms. The van der Waals surface area contributed by atoms with E-state index in [1.54, 1.807) is 57.2 Å². The number of methoxy groups -OCH3 is 1. The summed E-state index contributed by atoms with van der Waals surface area (Å²) in [5.41, 5.74) is 1.00. The van der Waals surface area contributed by atoms with E-state index in [0.29, 0.717) is 16.7 Å². The van der Waals surface area contributed by atoms with E-state index in [2.05, 4.69) is 16.0 Å². The van der Waals surface area contributed by atoms with Crippen LogP contribution in [-0.4, -0.2) is 70.0 Å². The molecule has 0 aromatic heterocycles. The van der Waals surface area contributed by atoms with E-state index in [0.717, 1.165) is 0 Å². The van der Waals surface area contributed by atoms with Gasteiger partial charge in [0.2, 0.25) is 11.8 Å². The monoisotopic (exact) mass is 621 g/mol. The lowest BCUT2D eigenvalue weighted by molar-refractivity contribution is -0.145. The molecule has 0 aliphatic heterocycles. The first kappa shape index (κ1) is 34.2. The molecule has 3 atom stereocenters. The standard InChI is InChI=1S/C33H39N3O9/c1-33(2,3)45-32(43)36-27(18-21-7-13-24(38)14-8-21)30(41)34-26(17-20-5-11-23(37)12-6-20)29(40)35-28(31(42)44-4)19-22-9-15-25(39)16-10-22/h5-16,26-28,37-39H,17-19H2,1-4H3,(H,34,41)(H,35,40)(H,36,43)/t26-,27-,28-/m0/s1. The number of alkyl carbamates (subject to hydrolysis) is 1. The minimum Gasteiger partial charge on any atom is -0.508 e. The van der Waals surface area contributed by atoms with Crippen molar-refractivity contribution in [3.63, 3.8) is 0 Å². The number of ether oxygens (including phenoxy) is 2. The minimum absolute atomic E-state index is 0.00451. The van der Waals surface area contributed by atoms with Crippen LogP contribution in [0.15, 0.2) is 72.8 Å². The number of rotatable bonds is 12. The number of aromatic hydroxyl groups is 3. The van der Waals surface area contributed by atoms with Gasteiger partial charge < -0.3 is 40.7 Å². The number of amides is 3. The van der Waals surface area contributed by atoms with Crippen LogP contribution in [0.4, 0.5) is 4.79 Å². The molecular weight excluding hydrogens is 582 g/mol. The lowest BCUT2D eigenvalue weighted by atomic mass is 10.0. The van der Waals surface area contributed by atoms with Crippen molar-refractivity contribution >= 4 is 23.9 Å². The van der Waals surface area contributed by atoms with Crippen LogP contribution in [0.2, 0.25) is 0 Å². The number of carbonyl (C=O) groups excluding carboxylic acids is 4. The fourth-order valence-corrected chi connectivity index (χ4v) is 4.35. The second-order valence-corrected chi connectivity index (χ2v) is 11.5. The quantitative estimate of drug-likeness (QED) is 0.166. The number of benzene rings is 3. The molecule has 3 rings (SSSR count). The molecule has 45 heavy (non-hydrogen) atoms. The Labute approximate surface area is 261 Å². The van der Waals surface area contributed by atoms with Crippen molar-refractivity contribution in [2.24, 2.45) is 0 Å². The molecule has 12 nitrogen and oxygen atoms in total. The van der Waals surface area contributed by atoms with Crippen LogP contribution in [-0.2, 0) is 43.1 Å². The van der Waals surface area contributed by atoms with Crippen molar-refractivity contribution in [3.05, 3.63) is 89.5 Å². The van der Waals surface area contributed by atoms with Gasteiger partial charge in [0.15, 0.2) is 0 Å². The van der Waals surface area contributed by atoms with E-state index >= 15 is 0 Å². The molecule has 0 spiro atoms. The van der Waals surface area contributed by atoms with Gasteiger partial charge in [-0.15, -0.1) is 0 Å². The summed E-state index contributed by atoms with van der Waals surface area (Å²) < 4.78 is 10.3. The maximum Gasteiger partial charge on any atom is 0.408 e. The van der Waals surface area contributed by atoms with Crippen molar-refractivity contribution in [2.45, 2.75) is 63.8 Å². The van der Waals surface area contributed by atoms with Gasteiger partial charge in [-0.25, -0.2) is 9.59 Å². The van der Waals surface area contributed by atoms with E-state index in [1.165, 1.54) is 43.5 Å². The van der Waals surface area contributed by atoms with Crippen LogP contribution in [0, 0.1) is 0 Å². The van der Waals surface area contributed by atoms with Crippen molar-refractivity contribution in [3.8, 4) is 17.2 Å². The van der Waals surface area contributed by atoms with Gasteiger partial charge in [-0.05, 0) is 73.9 Å². The highest BCUT2D eigenvalue weighted by Gasteiger charge is 2.31. The Kier molecular flexibility index (Phi) is 11.8. The van der Waals surface area contributed by atoms with Gasteiger partial charge in [0.1, 0.15) is 41.0 Å². The van der Waals surface area contributed by atoms with Crippen molar-refractivity contribution < 1.29 is 44.0 Å². The van der Waals surface area contributed by atoms with Crippen molar-refractivity contribution in [1.82, 2.24) is 16.0 Å². The number of carbonyl (C=O) groups is 4. The van der Waals surface area contributed by atoms with E-state index < -0.39 is 47.6 Å². The molecule has 0 fully saturated rings. The molecule has 12 heteroatoms. The Balaban J connectivity index is 1.88. The maximum atomic E-state index is 13.7. The minimum atomic E-state index is -1.23. The first-order chi connectivity index (χ1) is 21.2. The van der Waals surface area contributed by atoms with Crippen molar-refractivity contribution in [2.75, 3.05) is 7.11 Å². The molecule has 3 amide bonds. The Morgan fingerprint density at radius 1 is 0.600 bits per heavy atom. The van der Waals surface area contributed by atoms with Crippen LogP contribution in [0.1, 0.15) is 37.5 Å². The van der Waals surface area contributed by atoms with Gasteiger partial charge in [-0.1, -0.05) is 36.4 Å². The number of hydrogen-bond donors (Lipinski definition) is 6. The van der Waals surface area contributed by atoms with E-state index in [9.17, 15) is 34.5 Å². The summed E-state index contributed by atoms with van der Waals surface area (Å²) in [6, 6.07) is 14.7. The third kappa shape index (κ3) is 11.4. The molecule has 0 saturated carbocycles. The lowest BCUT2D eigenvalue weighted by Gasteiger charge is -2.26. The Hall–Kier alpha value is -5.26. The molecule has 0 unspecified atom stereocenters. The van der Waals surface area contributed by atoms with E-state index in [-0.39, 0.29) is 36.5 Å². The van der Waals surface area contributed by atoms with Crippen molar-refractivity contribution in [1.29, 1.82) is 0 Å². The topological polar surface area (TPSA) is 184 Å². The molecule has 0 saturated heterocycles. The van der Waals surface area contributed by atoms with E-state index in [1.807, 2.05) is 0 Å². The third-order valence-electron chi connectivity index (χ3n) is 6.57. The fourth-order valence-electron chi connectivity index (χ4n) is 4.35. The first-order valence-electron chi connectivity index (χ1n) is 14.2. The summed E-state index contributed by atoms with van der Waals surface area (Å²) in [5, 5.41) is 36.9. The highest BCUT2D eigenvalue weighted by Crippen LogP contribution is 2.16. The normalized spacial score (nSPS) is 13.1. The summed E-state index contributed by atoms with van der Waals surface area (Å²) in [4.78, 5) is 52.7. The largest absolute Gasteiger partial charge is 0.508 e. The van der Waals surface area contributed by atoms with Gasteiger partial charge in [-0.2, -0.15) is 0 Å². The van der Waals surface area contributed by atoms with Gasteiger partial charge in [0, 0.05) is 19.3 Å². The second kappa shape index (κ2) is 15.5. The molecule has 240 valence electrons. The molecule has 0 heterocycles. The van der Waals surface area contributed by atoms with Crippen LogP contribution in [0.25, 0.3) is 0 Å². The molecule has 3 aromatic carbocycles. The van der Waals surface area contributed by atoms with Crippen LogP contribution >= 0.6 is 0 Å². The SMILES string of the molecule is COC(=O)[C@H](Cc1ccc(O)cc1)NC(=O)[C@H](Cc1ccc(O)cc1)NC(=O)[C@H](Cc1ccc(O)cc1)NC(=O)OC(C)(C)C. The van der Waals surface area contributed by atoms with Gasteiger partial charge in [0.25, 0.3) is 0 Å². The second-order valence-electron chi connectivity index (χ2n) is 11.5. The number of phenols is 3. The average molecular weight is 622 g/mol. The number of hydrogen-bond acceptors (Lipinski definition) is 9. The Bertz CT molecular complexity index is 1450. The Morgan fingerprint density at radius 3 is 1.29 bits per heavy atom. The highest BCUT2D eigenvalue weighted by molar-refractivity contribution is 5.93. The zero-order valence-electron chi connectivity index (χ0n) is 25.6. The van der Waals surface area contributed by atoms with Crippen LogP contribution in [0.5, 0.6) is 17.2 Å². The summed E-state index contributed by atoms with van der Waals surface area (Å²) in [7, 11) is 1.18. The fraction of sp³-hybridized carbons (Fsp3) is 0.333. The Morgan fingerprint density at radius 2 is 0.933 bits per heavy atom. The zero-order chi connectivity index (χ0) is 33.1. The van der Waals surface area contributed by atoms with Gasteiger partial charge in [0.05, 0.1) is 7.11 Å². The third-order valence-corrected chi connectivity index (χ3v) is 6.57. The van der Waals surface area contributed by atoms with Gasteiger partial charge >= 0.3 is 12.1 Å². The number of nitrogens with one attached hydrogen (secondary N) is 3. The zero-order valence-corrected chi connectivity index (χ0v) is 25.6. The van der Waals surface area contributed by atoms with Crippen LogP contribution < -0.4 is 16.0 Å². The molecule has 0 radical (unpaired) electrons. The van der Waals surface area contributed by atoms with Gasteiger partial charge in [-0.3, -0.25) is 9.59 Å².